The molecule has 0 fully saturated rings. The van der Waals surface area contributed by atoms with E-state index >= 15 is 0 Å². The lowest BCUT2D eigenvalue weighted by Gasteiger charge is -2.15. The molecular formula is C20H18N4O. The van der Waals surface area contributed by atoms with Gasteiger partial charge >= 0.3 is 0 Å². The topological polar surface area (TPSA) is 59.8 Å². The first kappa shape index (κ1) is 15.3. The van der Waals surface area contributed by atoms with Gasteiger partial charge in [-0.15, -0.1) is 5.10 Å². The van der Waals surface area contributed by atoms with Crippen molar-refractivity contribution < 1.29 is 4.79 Å². The third-order valence-electron chi connectivity index (χ3n) is 4.36. The number of para-hydroxylation sites is 1. The standard InChI is InChI=1S/C20H18N4O/c1-14(16-11-10-15-6-2-3-7-17(15)12-16)21-20(25)13-24-19-9-5-4-8-18(19)22-23-24/h2-12,14H,13H2,1H3,(H,21,25). The van der Waals surface area contributed by atoms with Crippen LogP contribution in [0, 0.1) is 0 Å². The Morgan fingerprint density at radius 1 is 1.04 bits per heavy atom. The van der Waals surface area contributed by atoms with Crippen LogP contribution in [0.5, 0.6) is 0 Å². The zero-order valence-corrected chi connectivity index (χ0v) is 13.9. The van der Waals surface area contributed by atoms with Gasteiger partial charge in [0.2, 0.25) is 5.91 Å². The summed E-state index contributed by atoms with van der Waals surface area (Å²) in [6, 6.07) is 22.0. The van der Waals surface area contributed by atoms with Crippen molar-refractivity contribution in [3.8, 4) is 0 Å². The number of hydrogen-bond acceptors (Lipinski definition) is 3. The molecule has 1 aromatic heterocycles. The lowest BCUT2D eigenvalue weighted by atomic mass is 10.0. The third-order valence-corrected chi connectivity index (χ3v) is 4.36. The van der Waals surface area contributed by atoms with E-state index < -0.39 is 0 Å². The molecule has 1 N–H and O–H groups in total. The van der Waals surface area contributed by atoms with Crippen LogP contribution in [-0.4, -0.2) is 20.9 Å². The molecule has 4 rings (SSSR count). The zero-order chi connectivity index (χ0) is 17.2. The fourth-order valence-corrected chi connectivity index (χ4v) is 3.02. The molecule has 0 radical (unpaired) electrons. The van der Waals surface area contributed by atoms with Crippen LogP contribution in [0.1, 0.15) is 18.5 Å². The van der Waals surface area contributed by atoms with E-state index in [1.54, 1.807) is 4.68 Å². The van der Waals surface area contributed by atoms with E-state index in [0.717, 1.165) is 16.6 Å². The van der Waals surface area contributed by atoms with Crippen LogP contribution >= 0.6 is 0 Å². The maximum absolute atomic E-state index is 12.4. The Morgan fingerprint density at radius 3 is 2.68 bits per heavy atom. The number of carbonyl (C=O) groups excluding carboxylic acids is 1. The van der Waals surface area contributed by atoms with Gasteiger partial charge in [-0.2, -0.15) is 0 Å². The highest BCUT2D eigenvalue weighted by Crippen LogP contribution is 2.20. The molecule has 0 spiro atoms. The Hall–Kier alpha value is -3.21. The normalized spacial score (nSPS) is 12.4. The smallest absolute Gasteiger partial charge is 0.242 e. The summed E-state index contributed by atoms with van der Waals surface area (Å²) in [5, 5.41) is 13.5. The van der Waals surface area contributed by atoms with Crippen LogP contribution in [0.15, 0.2) is 66.7 Å². The Bertz CT molecular complexity index is 1050. The van der Waals surface area contributed by atoms with Crippen molar-refractivity contribution in [3.63, 3.8) is 0 Å². The highest BCUT2D eigenvalue weighted by Gasteiger charge is 2.12. The molecule has 4 aromatic rings. The van der Waals surface area contributed by atoms with E-state index in [9.17, 15) is 4.79 Å². The minimum absolute atomic E-state index is 0.0770. The van der Waals surface area contributed by atoms with Crippen LogP contribution < -0.4 is 5.32 Å². The number of rotatable bonds is 4. The molecule has 0 saturated heterocycles. The molecule has 0 aliphatic heterocycles. The summed E-state index contributed by atoms with van der Waals surface area (Å²) in [4.78, 5) is 12.4. The van der Waals surface area contributed by atoms with Crippen molar-refractivity contribution in [2.75, 3.05) is 0 Å². The van der Waals surface area contributed by atoms with Gasteiger partial charge in [-0.1, -0.05) is 53.7 Å². The van der Waals surface area contributed by atoms with Crippen LogP contribution in [0.2, 0.25) is 0 Å². The largest absolute Gasteiger partial charge is 0.348 e. The van der Waals surface area contributed by atoms with E-state index in [2.05, 4.69) is 46.0 Å². The number of aromatic nitrogens is 3. The molecule has 1 amide bonds. The van der Waals surface area contributed by atoms with E-state index in [4.69, 9.17) is 0 Å². The highest BCUT2D eigenvalue weighted by atomic mass is 16.2. The fourth-order valence-electron chi connectivity index (χ4n) is 3.02. The summed E-state index contributed by atoms with van der Waals surface area (Å²) >= 11 is 0. The molecular weight excluding hydrogens is 312 g/mol. The molecule has 124 valence electrons. The van der Waals surface area contributed by atoms with Gasteiger partial charge in [0.1, 0.15) is 12.1 Å². The first-order chi connectivity index (χ1) is 12.2. The lowest BCUT2D eigenvalue weighted by molar-refractivity contribution is -0.122. The van der Waals surface area contributed by atoms with Gasteiger partial charge in [-0.05, 0) is 41.5 Å². The second kappa shape index (κ2) is 6.36. The first-order valence-electron chi connectivity index (χ1n) is 8.27. The molecule has 5 nitrogen and oxygen atoms in total. The van der Waals surface area contributed by atoms with E-state index in [0.29, 0.717) is 0 Å². The highest BCUT2D eigenvalue weighted by molar-refractivity contribution is 5.84. The average molecular weight is 330 g/mol. The molecule has 0 saturated carbocycles. The van der Waals surface area contributed by atoms with Crippen LogP contribution in [-0.2, 0) is 11.3 Å². The predicted octanol–water partition coefficient (Wildman–Crippen LogP) is 3.46. The number of carbonyl (C=O) groups is 1. The second-order valence-electron chi connectivity index (χ2n) is 6.13. The summed E-state index contributed by atoms with van der Waals surface area (Å²) in [5.41, 5.74) is 2.73. The summed E-state index contributed by atoms with van der Waals surface area (Å²) < 4.78 is 1.62. The van der Waals surface area contributed by atoms with Crippen molar-refractivity contribution in [1.29, 1.82) is 0 Å². The summed E-state index contributed by atoms with van der Waals surface area (Å²) in [7, 11) is 0. The van der Waals surface area contributed by atoms with Gasteiger partial charge in [0.05, 0.1) is 11.6 Å². The van der Waals surface area contributed by atoms with Crippen molar-refractivity contribution in [1.82, 2.24) is 20.3 Å². The molecule has 25 heavy (non-hydrogen) atoms. The van der Waals surface area contributed by atoms with Crippen LogP contribution in [0.3, 0.4) is 0 Å². The first-order valence-corrected chi connectivity index (χ1v) is 8.27. The van der Waals surface area contributed by atoms with E-state index in [-0.39, 0.29) is 18.5 Å². The number of nitrogens with one attached hydrogen (secondary N) is 1. The molecule has 0 aliphatic carbocycles. The minimum Gasteiger partial charge on any atom is -0.348 e. The maximum atomic E-state index is 12.4. The molecule has 0 bridgehead atoms. The van der Waals surface area contributed by atoms with Gasteiger partial charge in [-0.25, -0.2) is 4.68 Å². The van der Waals surface area contributed by atoms with Gasteiger partial charge in [0.15, 0.2) is 0 Å². The molecule has 3 aromatic carbocycles. The molecule has 1 atom stereocenters. The van der Waals surface area contributed by atoms with E-state index in [1.165, 1.54) is 10.8 Å². The van der Waals surface area contributed by atoms with Gasteiger partial charge < -0.3 is 5.32 Å². The summed E-state index contributed by atoms with van der Waals surface area (Å²) in [6.45, 7) is 2.14. The predicted molar refractivity (Wildman–Crippen MR) is 98.0 cm³/mol. The average Bonchev–Trinajstić information content (AvgIpc) is 3.04. The number of fused-ring (bicyclic) bond motifs is 2. The zero-order valence-electron chi connectivity index (χ0n) is 13.9. The number of amides is 1. The quantitative estimate of drug-likeness (QED) is 0.623. The Balaban J connectivity index is 1.49. The van der Waals surface area contributed by atoms with Crippen molar-refractivity contribution in [3.05, 3.63) is 72.3 Å². The maximum Gasteiger partial charge on any atom is 0.242 e. The third kappa shape index (κ3) is 3.08. The Labute approximate surface area is 145 Å². The Morgan fingerprint density at radius 2 is 1.80 bits per heavy atom. The summed E-state index contributed by atoms with van der Waals surface area (Å²) in [6.07, 6.45) is 0. The van der Waals surface area contributed by atoms with Gasteiger partial charge in [0.25, 0.3) is 0 Å². The van der Waals surface area contributed by atoms with Gasteiger partial charge in [0, 0.05) is 0 Å². The molecule has 1 heterocycles. The van der Waals surface area contributed by atoms with Crippen LogP contribution in [0.25, 0.3) is 21.8 Å². The molecule has 1 unspecified atom stereocenters. The van der Waals surface area contributed by atoms with Gasteiger partial charge in [-0.3, -0.25) is 4.79 Å². The lowest BCUT2D eigenvalue weighted by Crippen LogP contribution is -2.30. The molecule has 0 aliphatic rings. The van der Waals surface area contributed by atoms with E-state index in [1.807, 2.05) is 43.3 Å². The minimum atomic E-state index is -0.0867. The van der Waals surface area contributed by atoms with Crippen LogP contribution in [0.4, 0.5) is 0 Å². The Kier molecular flexibility index (Phi) is 3.90. The number of hydrogen-bond donors (Lipinski definition) is 1. The number of nitrogens with zero attached hydrogens (tertiary/aromatic N) is 3. The SMILES string of the molecule is CC(NC(=O)Cn1nnc2ccccc21)c1ccc2ccccc2c1. The molecule has 5 heteroatoms. The fraction of sp³-hybridized carbons (Fsp3) is 0.150. The second-order valence-corrected chi connectivity index (χ2v) is 6.13. The summed E-state index contributed by atoms with van der Waals surface area (Å²) in [5.74, 6) is -0.0867. The number of benzene rings is 3. The monoisotopic (exact) mass is 330 g/mol. The van der Waals surface area contributed by atoms with Crippen molar-refractivity contribution in [2.24, 2.45) is 0 Å². The van der Waals surface area contributed by atoms with Crippen molar-refractivity contribution >= 4 is 27.7 Å². The van der Waals surface area contributed by atoms with Crippen molar-refractivity contribution in [2.45, 2.75) is 19.5 Å².